The molecule has 6 heteroatoms. The van der Waals surface area contributed by atoms with Crippen molar-refractivity contribution in [2.45, 2.75) is 38.4 Å². The van der Waals surface area contributed by atoms with Gasteiger partial charge in [0.05, 0.1) is 0 Å². The number of benzene rings is 1. The summed E-state index contributed by atoms with van der Waals surface area (Å²) in [7, 11) is 0. The Balaban J connectivity index is 1.67. The van der Waals surface area contributed by atoms with E-state index in [1.165, 1.54) is 11.1 Å². The molecule has 1 fully saturated rings. The fourth-order valence-electron chi connectivity index (χ4n) is 3.64. The minimum Gasteiger partial charge on any atom is -0.322 e. The molecule has 114 valence electrons. The Bertz CT molecular complexity index is 698. The van der Waals surface area contributed by atoms with Crippen molar-refractivity contribution >= 4 is 17.7 Å². The van der Waals surface area contributed by atoms with Gasteiger partial charge in [-0.25, -0.2) is 0 Å². The minimum absolute atomic E-state index is 0.0992. The first-order chi connectivity index (χ1) is 10.6. The van der Waals surface area contributed by atoms with Crippen molar-refractivity contribution in [3.05, 3.63) is 34.4 Å². The number of piperidine rings is 1. The summed E-state index contributed by atoms with van der Waals surface area (Å²) in [6, 6.07) is 3.37. The molecular weight excluding hydrogens is 282 g/mol. The number of hydrogen-bond donors (Lipinski definition) is 2. The topological polar surface area (TPSA) is 78.5 Å². The number of carbonyl (C=O) groups is 3. The molecule has 1 aromatic rings. The largest absolute Gasteiger partial charge is 0.322 e. The van der Waals surface area contributed by atoms with Crippen LogP contribution in [0.2, 0.25) is 0 Å². The van der Waals surface area contributed by atoms with Gasteiger partial charge < -0.3 is 10.2 Å². The van der Waals surface area contributed by atoms with E-state index >= 15 is 0 Å². The Morgan fingerprint density at radius 3 is 2.77 bits per heavy atom. The van der Waals surface area contributed by atoms with Crippen molar-refractivity contribution in [1.29, 1.82) is 0 Å². The predicted octanol–water partition coefficient (Wildman–Crippen LogP) is 0.0933. The molecule has 3 aliphatic rings. The van der Waals surface area contributed by atoms with E-state index in [9.17, 15) is 14.4 Å². The average molecular weight is 299 g/mol. The fraction of sp³-hybridized carbons (Fsp3) is 0.438. The molecule has 0 bridgehead atoms. The summed E-state index contributed by atoms with van der Waals surface area (Å²) in [6.45, 7) is 2.19. The van der Waals surface area contributed by atoms with Crippen molar-refractivity contribution in [3.63, 3.8) is 0 Å². The predicted molar refractivity (Wildman–Crippen MR) is 77.9 cm³/mol. The van der Waals surface area contributed by atoms with E-state index in [2.05, 4.69) is 10.6 Å². The van der Waals surface area contributed by atoms with Gasteiger partial charge in [-0.3, -0.25) is 19.7 Å². The molecule has 1 aromatic carbocycles. The van der Waals surface area contributed by atoms with E-state index in [-0.39, 0.29) is 24.1 Å². The van der Waals surface area contributed by atoms with Gasteiger partial charge in [0, 0.05) is 25.1 Å². The summed E-state index contributed by atoms with van der Waals surface area (Å²) in [5.74, 6) is -0.714. The van der Waals surface area contributed by atoms with Crippen LogP contribution in [-0.2, 0) is 29.1 Å². The summed E-state index contributed by atoms with van der Waals surface area (Å²) < 4.78 is 0. The Kier molecular flexibility index (Phi) is 3.00. The summed E-state index contributed by atoms with van der Waals surface area (Å²) in [4.78, 5) is 37.6. The lowest BCUT2D eigenvalue weighted by molar-refractivity contribution is -0.136. The van der Waals surface area contributed by atoms with E-state index in [4.69, 9.17) is 0 Å². The molecule has 0 radical (unpaired) electrons. The van der Waals surface area contributed by atoms with E-state index < -0.39 is 6.04 Å². The van der Waals surface area contributed by atoms with Crippen LogP contribution in [0.25, 0.3) is 0 Å². The van der Waals surface area contributed by atoms with Gasteiger partial charge in [0.1, 0.15) is 6.04 Å². The number of hydrogen-bond acceptors (Lipinski definition) is 4. The third-order valence-electron chi connectivity index (χ3n) is 4.81. The maximum Gasteiger partial charge on any atom is 0.255 e. The Morgan fingerprint density at radius 2 is 1.95 bits per heavy atom. The van der Waals surface area contributed by atoms with E-state index in [1.807, 2.05) is 12.1 Å². The summed E-state index contributed by atoms with van der Waals surface area (Å²) in [5.41, 5.74) is 4.23. The highest BCUT2D eigenvalue weighted by atomic mass is 16.2. The van der Waals surface area contributed by atoms with E-state index in [0.29, 0.717) is 18.5 Å². The second kappa shape index (κ2) is 4.91. The number of amides is 3. The third-order valence-corrected chi connectivity index (χ3v) is 4.81. The summed E-state index contributed by atoms with van der Waals surface area (Å²) in [6.07, 6.45) is 1.66. The molecule has 0 aromatic heterocycles. The van der Waals surface area contributed by atoms with Crippen LogP contribution in [0, 0.1) is 0 Å². The SMILES string of the molecule is O=C1CC[C@@H](N2Cc3c(ccc4c3CNCC4)C2=O)C(=O)N1. The first-order valence-corrected chi connectivity index (χ1v) is 7.64. The van der Waals surface area contributed by atoms with Gasteiger partial charge in [-0.2, -0.15) is 0 Å². The van der Waals surface area contributed by atoms with Gasteiger partial charge in [-0.1, -0.05) is 6.07 Å². The fourth-order valence-corrected chi connectivity index (χ4v) is 3.64. The maximum atomic E-state index is 12.6. The highest BCUT2D eigenvalue weighted by Crippen LogP contribution is 2.32. The first-order valence-electron chi connectivity index (χ1n) is 7.64. The van der Waals surface area contributed by atoms with Crippen molar-refractivity contribution in [2.75, 3.05) is 6.54 Å². The van der Waals surface area contributed by atoms with Crippen molar-refractivity contribution in [2.24, 2.45) is 0 Å². The van der Waals surface area contributed by atoms with E-state index in [0.717, 1.165) is 25.1 Å². The number of carbonyl (C=O) groups excluding carboxylic acids is 3. The number of fused-ring (bicyclic) bond motifs is 3. The van der Waals surface area contributed by atoms with Gasteiger partial charge in [0.15, 0.2) is 0 Å². The quantitative estimate of drug-likeness (QED) is 0.721. The lowest BCUT2D eigenvalue weighted by Crippen LogP contribution is -2.52. The van der Waals surface area contributed by atoms with Gasteiger partial charge >= 0.3 is 0 Å². The second-order valence-electron chi connectivity index (χ2n) is 6.06. The number of nitrogens with zero attached hydrogens (tertiary/aromatic N) is 1. The van der Waals surface area contributed by atoms with Crippen molar-refractivity contribution in [1.82, 2.24) is 15.5 Å². The molecular formula is C16H17N3O3. The molecule has 0 unspecified atom stereocenters. The number of rotatable bonds is 1. The first kappa shape index (κ1) is 13.5. The lowest BCUT2D eigenvalue weighted by atomic mass is 9.93. The third kappa shape index (κ3) is 1.94. The lowest BCUT2D eigenvalue weighted by Gasteiger charge is -2.29. The molecule has 6 nitrogen and oxygen atoms in total. The molecule has 22 heavy (non-hydrogen) atoms. The van der Waals surface area contributed by atoms with E-state index in [1.54, 1.807) is 4.90 Å². The monoisotopic (exact) mass is 299 g/mol. The molecule has 3 heterocycles. The van der Waals surface area contributed by atoms with Crippen LogP contribution in [0.15, 0.2) is 12.1 Å². The zero-order valence-corrected chi connectivity index (χ0v) is 12.1. The van der Waals surface area contributed by atoms with Crippen LogP contribution in [0.5, 0.6) is 0 Å². The average Bonchev–Trinajstić information content (AvgIpc) is 2.85. The van der Waals surface area contributed by atoms with Gasteiger partial charge in [0.25, 0.3) is 5.91 Å². The molecule has 0 aliphatic carbocycles. The zero-order chi connectivity index (χ0) is 15.3. The highest BCUT2D eigenvalue weighted by molar-refractivity contribution is 6.05. The molecule has 0 spiro atoms. The normalized spacial score (nSPS) is 24.1. The molecule has 3 aliphatic heterocycles. The van der Waals surface area contributed by atoms with Crippen LogP contribution in [0.4, 0.5) is 0 Å². The summed E-state index contributed by atoms with van der Waals surface area (Å²) >= 11 is 0. The van der Waals surface area contributed by atoms with Crippen LogP contribution in [0.1, 0.15) is 39.9 Å². The Morgan fingerprint density at radius 1 is 1.09 bits per heavy atom. The molecule has 1 saturated heterocycles. The molecule has 3 amide bonds. The molecule has 1 atom stereocenters. The van der Waals surface area contributed by atoms with Crippen LogP contribution in [0.3, 0.4) is 0 Å². The van der Waals surface area contributed by atoms with Gasteiger partial charge in [0.2, 0.25) is 11.8 Å². The standard InChI is InChI=1S/C16H17N3O3/c20-14-4-3-13(15(21)18-14)19-8-12-10(16(19)22)2-1-9-5-6-17-7-11(9)12/h1-2,13,17H,3-8H2,(H,18,20,21)/t13-/m1/s1. The maximum absolute atomic E-state index is 12.6. The van der Waals surface area contributed by atoms with Gasteiger partial charge in [-0.05, 0) is 42.1 Å². The second-order valence-corrected chi connectivity index (χ2v) is 6.06. The van der Waals surface area contributed by atoms with Crippen LogP contribution >= 0.6 is 0 Å². The Labute approximate surface area is 127 Å². The minimum atomic E-state index is -0.537. The molecule has 0 saturated carbocycles. The van der Waals surface area contributed by atoms with Crippen LogP contribution < -0.4 is 10.6 Å². The number of nitrogens with one attached hydrogen (secondary N) is 2. The van der Waals surface area contributed by atoms with Crippen molar-refractivity contribution in [3.8, 4) is 0 Å². The molecule has 4 rings (SSSR count). The Hall–Kier alpha value is -2.21. The summed E-state index contributed by atoms with van der Waals surface area (Å²) in [5, 5.41) is 5.67. The van der Waals surface area contributed by atoms with Crippen LogP contribution in [-0.4, -0.2) is 35.2 Å². The zero-order valence-electron chi connectivity index (χ0n) is 12.1. The molecule has 2 N–H and O–H groups in total. The van der Waals surface area contributed by atoms with Crippen molar-refractivity contribution < 1.29 is 14.4 Å². The smallest absolute Gasteiger partial charge is 0.255 e. The van der Waals surface area contributed by atoms with Gasteiger partial charge in [-0.15, -0.1) is 0 Å². The highest BCUT2D eigenvalue weighted by Gasteiger charge is 2.40. The number of imide groups is 1.